The zero-order valence-corrected chi connectivity index (χ0v) is 13.2. The third kappa shape index (κ3) is 3.20. The summed E-state index contributed by atoms with van der Waals surface area (Å²) in [4.78, 5) is 17.0. The number of anilines is 3. The summed E-state index contributed by atoms with van der Waals surface area (Å²) in [5.74, 6) is 0.988. The molecule has 0 bridgehead atoms. The number of hydrogen-bond donors (Lipinski definition) is 2. The van der Waals surface area contributed by atoms with Gasteiger partial charge in [0.15, 0.2) is 11.6 Å². The van der Waals surface area contributed by atoms with Crippen LogP contribution in [0.1, 0.15) is 15.9 Å². The molecule has 0 aliphatic heterocycles. The number of nitrogens with two attached hydrogens (primary N) is 1. The van der Waals surface area contributed by atoms with Crippen molar-refractivity contribution in [3.63, 3.8) is 0 Å². The second-order valence-corrected chi connectivity index (χ2v) is 5.18. The number of ketones is 1. The second kappa shape index (κ2) is 6.83. The third-order valence-electron chi connectivity index (χ3n) is 3.59. The van der Waals surface area contributed by atoms with Crippen molar-refractivity contribution in [2.24, 2.45) is 0 Å². The lowest BCUT2D eigenvalue weighted by molar-refractivity contribution is 0.103. The molecule has 1 aromatic heterocycles. The van der Waals surface area contributed by atoms with Crippen molar-refractivity contribution in [2.45, 2.75) is 0 Å². The number of rotatable bonds is 5. The van der Waals surface area contributed by atoms with E-state index in [9.17, 15) is 4.79 Å². The summed E-state index contributed by atoms with van der Waals surface area (Å²) in [5.41, 5.74) is 8.27. The summed E-state index contributed by atoms with van der Waals surface area (Å²) in [6.07, 6.45) is 1.57. The molecule has 3 rings (SSSR count). The van der Waals surface area contributed by atoms with Gasteiger partial charge in [-0.15, -0.1) is 0 Å². The van der Waals surface area contributed by atoms with Crippen LogP contribution in [0.25, 0.3) is 0 Å². The fourth-order valence-corrected chi connectivity index (χ4v) is 2.34. The van der Waals surface area contributed by atoms with Crippen LogP contribution in [0.4, 0.5) is 17.2 Å². The van der Waals surface area contributed by atoms with Gasteiger partial charge >= 0.3 is 0 Å². The van der Waals surface area contributed by atoms with Crippen LogP contribution in [0, 0.1) is 0 Å². The molecular weight excluding hydrogens is 302 g/mol. The summed E-state index contributed by atoms with van der Waals surface area (Å²) < 4.78 is 5.10. The van der Waals surface area contributed by atoms with E-state index < -0.39 is 0 Å². The molecule has 0 radical (unpaired) electrons. The van der Waals surface area contributed by atoms with E-state index in [-0.39, 0.29) is 5.78 Å². The lowest BCUT2D eigenvalue weighted by Crippen LogP contribution is -2.07. The van der Waals surface area contributed by atoms with Crippen molar-refractivity contribution in [1.82, 2.24) is 4.98 Å². The predicted octanol–water partition coefficient (Wildman–Crippen LogP) is 3.65. The average molecular weight is 319 g/mol. The molecule has 3 N–H and O–H groups in total. The maximum Gasteiger partial charge on any atom is 0.195 e. The molecule has 0 atom stereocenters. The number of para-hydroxylation sites is 1. The molecule has 5 heteroatoms. The zero-order valence-electron chi connectivity index (χ0n) is 13.2. The Morgan fingerprint density at radius 2 is 1.79 bits per heavy atom. The molecule has 0 aliphatic rings. The first-order chi connectivity index (χ1) is 11.7. The van der Waals surface area contributed by atoms with Gasteiger partial charge in [-0.3, -0.25) is 4.79 Å². The van der Waals surface area contributed by atoms with Crippen molar-refractivity contribution in [1.29, 1.82) is 0 Å². The van der Waals surface area contributed by atoms with Gasteiger partial charge in [-0.1, -0.05) is 42.5 Å². The quantitative estimate of drug-likeness (QED) is 0.702. The first-order valence-corrected chi connectivity index (χ1v) is 7.44. The topological polar surface area (TPSA) is 77.2 Å². The lowest BCUT2D eigenvalue weighted by Gasteiger charge is -2.13. The van der Waals surface area contributed by atoms with Crippen LogP contribution < -0.4 is 15.8 Å². The number of carbonyl (C=O) groups is 1. The number of methoxy groups -OCH3 is 1. The molecule has 120 valence electrons. The van der Waals surface area contributed by atoms with Crippen LogP contribution in [0.3, 0.4) is 0 Å². The van der Waals surface area contributed by atoms with E-state index in [0.717, 1.165) is 0 Å². The Bertz CT molecular complexity index is 863. The van der Waals surface area contributed by atoms with E-state index in [2.05, 4.69) is 10.3 Å². The van der Waals surface area contributed by atoms with Gasteiger partial charge in [0, 0.05) is 17.2 Å². The fourth-order valence-electron chi connectivity index (χ4n) is 2.34. The SMILES string of the molecule is COc1cnc(Nc2ccccc2C(=O)c2ccccc2)c(N)c1. The number of ether oxygens (including phenoxy) is 1. The summed E-state index contributed by atoms with van der Waals surface area (Å²) in [5, 5.41) is 3.13. The Morgan fingerprint density at radius 1 is 1.08 bits per heavy atom. The number of carbonyl (C=O) groups excluding carboxylic acids is 1. The minimum Gasteiger partial charge on any atom is -0.495 e. The molecule has 0 unspecified atom stereocenters. The van der Waals surface area contributed by atoms with Crippen LogP contribution >= 0.6 is 0 Å². The Morgan fingerprint density at radius 3 is 2.50 bits per heavy atom. The first kappa shape index (κ1) is 15.6. The predicted molar refractivity (Wildman–Crippen MR) is 94.8 cm³/mol. The second-order valence-electron chi connectivity index (χ2n) is 5.18. The van der Waals surface area contributed by atoms with Crippen LogP contribution in [-0.2, 0) is 0 Å². The van der Waals surface area contributed by atoms with Crippen molar-refractivity contribution in [3.8, 4) is 5.75 Å². The van der Waals surface area contributed by atoms with Crippen LogP contribution in [0.5, 0.6) is 5.75 Å². The molecule has 0 fully saturated rings. The van der Waals surface area contributed by atoms with Crippen LogP contribution in [0.2, 0.25) is 0 Å². The fraction of sp³-hybridized carbons (Fsp3) is 0.0526. The highest BCUT2D eigenvalue weighted by atomic mass is 16.5. The summed E-state index contributed by atoms with van der Waals surface area (Å²) >= 11 is 0. The Balaban J connectivity index is 1.94. The van der Waals surface area contributed by atoms with Gasteiger partial charge in [-0.05, 0) is 12.1 Å². The number of nitrogens with one attached hydrogen (secondary N) is 1. The van der Waals surface area contributed by atoms with Gasteiger partial charge in [0.1, 0.15) is 5.75 Å². The highest BCUT2D eigenvalue weighted by molar-refractivity contribution is 6.12. The van der Waals surface area contributed by atoms with E-state index in [4.69, 9.17) is 10.5 Å². The molecule has 0 spiro atoms. The van der Waals surface area contributed by atoms with Gasteiger partial charge in [-0.25, -0.2) is 4.98 Å². The average Bonchev–Trinajstić information content (AvgIpc) is 2.64. The highest BCUT2D eigenvalue weighted by Crippen LogP contribution is 2.27. The summed E-state index contributed by atoms with van der Waals surface area (Å²) in [6, 6.07) is 18.1. The Kier molecular flexibility index (Phi) is 4.43. The maximum absolute atomic E-state index is 12.7. The number of nitrogens with zero attached hydrogens (tertiary/aromatic N) is 1. The van der Waals surface area contributed by atoms with Gasteiger partial charge in [0.25, 0.3) is 0 Å². The number of benzene rings is 2. The van der Waals surface area contributed by atoms with Crippen LogP contribution in [0.15, 0.2) is 66.9 Å². The molecule has 24 heavy (non-hydrogen) atoms. The minimum atomic E-state index is -0.0641. The molecule has 1 heterocycles. The molecule has 0 saturated heterocycles. The van der Waals surface area contributed by atoms with Crippen LogP contribution in [-0.4, -0.2) is 17.9 Å². The number of hydrogen-bond acceptors (Lipinski definition) is 5. The highest BCUT2D eigenvalue weighted by Gasteiger charge is 2.14. The summed E-state index contributed by atoms with van der Waals surface area (Å²) in [6.45, 7) is 0. The monoisotopic (exact) mass is 319 g/mol. The van der Waals surface area contributed by atoms with E-state index in [0.29, 0.717) is 34.1 Å². The van der Waals surface area contributed by atoms with Crippen molar-refractivity contribution in [2.75, 3.05) is 18.2 Å². The van der Waals surface area contributed by atoms with Crippen molar-refractivity contribution in [3.05, 3.63) is 78.0 Å². The first-order valence-electron chi connectivity index (χ1n) is 7.44. The summed E-state index contributed by atoms with van der Waals surface area (Å²) in [7, 11) is 1.55. The van der Waals surface area contributed by atoms with Crippen molar-refractivity contribution < 1.29 is 9.53 Å². The third-order valence-corrected chi connectivity index (χ3v) is 3.59. The van der Waals surface area contributed by atoms with E-state index >= 15 is 0 Å². The Hall–Kier alpha value is -3.34. The molecule has 0 saturated carbocycles. The van der Waals surface area contributed by atoms with E-state index in [1.54, 1.807) is 37.6 Å². The number of pyridine rings is 1. The zero-order chi connectivity index (χ0) is 16.9. The Labute approximate surface area is 140 Å². The molecule has 5 nitrogen and oxygen atoms in total. The number of nitrogen functional groups attached to an aromatic ring is 1. The van der Waals surface area contributed by atoms with E-state index in [1.807, 2.05) is 36.4 Å². The molecule has 0 aliphatic carbocycles. The molecule has 2 aromatic carbocycles. The number of aromatic nitrogens is 1. The van der Waals surface area contributed by atoms with Gasteiger partial charge in [0.2, 0.25) is 0 Å². The lowest BCUT2D eigenvalue weighted by atomic mass is 10.0. The molecule has 3 aromatic rings. The van der Waals surface area contributed by atoms with E-state index in [1.165, 1.54) is 0 Å². The largest absolute Gasteiger partial charge is 0.495 e. The van der Waals surface area contributed by atoms with Gasteiger partial charge in [-0.2, -0.15) is 0 Å². The molecular formula is C19H17N3O2. The normalized spacial score (nSPS) is 10.2. The standard InChI is InChI=1S/C19H17N3O2/c1-24-14-11-16(20)19(21-12-14)22-17-10-6-5-9-15(17)18(23)13-7-3-2-4-8-13/h2-12H,20H2,1H3,(H,21,22). The van der Waals surface area contributed by atoms with Gasteiger partial charge in [0.05, 0.1) is 24.7 Å². The minimum absolute atomic E-state index is 0.0641. The van der Waals surface area contributed by atoms with Crippen molar-refractivity contribution >= 4 is 23.0 Å². The smallest absolute Gasteiger partial charge is 0.195 e. The van der Waals surface area contributed by atoms with Gasteiger partial charge < -0.3 is 15.8 Å². The maximum atomic E-state index is 12.7. The molecule has 0 amide bonds.